The average molecular weight is 232 g/mol. The molecule has 0 aliphatic carbocycles. The molecule has 0 aliphatic heterocycles. The summed E-state index contributed by atoms with van der Waals surface area (Å²) in [5.41, 5.74) is 2.07. The maximum Gasteiger partial charge on any atom is -0.0233 e. The fraction of sp³-hybridized carbons (Fsp3) is 0.294. The molecular formula is C17H28. The van der Waals surface area contributed by atoms with E-state index in [1.165, 1.54) is 0 Å². The molecule has 0 atom stereocenters. The van der Waals surface area contributed by atoms with E-state index in [1.807, 2.05) is 65.0 Å². The summed E-state index contributed by atoms with van der Waals surface area (Å²) >= 11 is 0. The van der Waals surface area contributed by atoms with E-state index < -0.39 is 0 Å². The van der Waals surface area contributed by atoms with Crippen molar-refractivity contribution in [1.29, 1.82) is 0 Å². The van der Waals surface area contributed by atoms with E-state index in [-0.39, 0.29) is 0 Å². The fourth-order valence-electron chi connectivity index (χ4n) is 0.841. The summed E-state index contributed by atoms with van der Waals surface area (Å²) < 4.78 is 0. The van der Waals surface area contributed by atoms with Crippen LogP contribution in [0, 0.1) is 0 Å². The highest BCUT2D eigenvalue weighted by Gasteiger charge is 1.91. The third-order valence-corrected chi connectivity index (χ3v) is 1.53. The molecule has 0 amide bonds. The van der Waals surface area contributed by atoms with Crippen LogP contribution in [0.25, 0.3) is 0 Å². The lowest BCUT2D eigenvalue weighted by Crippen LogP contribution is -1.79. The topological polar surface area (TPSA) is 0 Å². The van der Waals surface area contributed by atoms with Crippen LogP contribution in [0.5, 0.6) is 0 Å². The van der Waals surface area contributed by atoms with Gasteiger partial charge in [0.15, 0.2) is 0 Å². The van der Waals surface area contributed by atoms with E-state index in [0.717, 1.165) is 11.1 Å². The van der Waals surface area contributed by atoms with Crippen LogP contribution in [0.3, 0.4) is 0 Å². The second kappa shape index (κ2) is 19.9. The summed E-state index contributed by atoms with van der Waals surface area (Å²) in [6.45, 7) is 21.1. The lowest BCUT2D eigenvalue weighted by Gasteiger charge is -1.98. The molecule has 0 aromatic rings. The lowest BCUT2D eigenvalue weighted by atomic mass is 10.1. The summed E-state index contributed by atoms with van der Waals surface area (Å²) in [4.78, 5) is 0. The van der Waals surface area contributed by atoms with Gasteiger partial charge in [-0.25, -0.2) is 0 Å². The third-order valence-electron chi connectivity index (χ3n) is 1.53. The van der Waals surface area contributed by atoms with Crippen molar-refractivity contribution in [2.75, 3.05) is 0 Å². The zero-order valence-corrected chi connectivity index (χ0v) is 12.2. The Hall–Kier alpha value is -1.56. The number of rotatable bonds is 5. The molecule has 0 rings (SSSR count). The van der Waals surface area contributed by atoms with Gasteiger partial charge in [-0.05, 0) is 18.1 Å². The minimum absolute atomic E-state index is 0.973. The van der Waals surface area contributed by atoms with Gasteiger partial charge < -0.3 is 0 Å². The first kappa shape index (κ1) is 20.8. The highest BCUT2D eigenvalue weighted by Crippen LogP contribution is 2.10. The Bertz CT molecular complexity index is 272. The molecule has 17 heavy (non-hydrogen) atoms. The number of allylic oxidation sites excluding steroid dienone is 9. The maximum absolute atomic E-state index is 3.93. The van der Waals surface area contributed by atoms with Gasteiger partial charge in [0.1, 0.15) is 0 Å². The van der Waals surface area contributed by atoms with Crippen LogP contribution >= 0.6 is 0 Å². The Labute approximate surface area is 108 Å². The Morgan fingerprint density at radius 3 is 1.59 bits per heavy atom. The van der Waals surface area contributed by atoms with Crippen LogP contribution < -0.4 is 0 Å². The summed E-state index contributed by atoms with van der Waals surface area (Å²) in [6, 6.07) is 0. The van der Waals surface area contributed by atoms with Crippen molar-refractivity contribution in [1.82, 2.24) is 0 Å². The van der Waals surface area contributed by atoms with Crippen molar-refractivity contribution < 1.29 is 0 Å². The van der Waals surface area contributed by atoms with Gasteiger partial charge in [0.05, 0.1) is 0 Å². The molecule has 0 bridgehead atoms. The molecule has 0 fully saturated rings. The second-order valence-corrected chi connectivity index (χ2v) is 2.46. The number of hydrogen-bond acceptors (Lipinski definition) is 0. The van der Waals surface area contributed by atoms with Gasteiger partial charge in [-0.2, -0.15) is 0 Å². The molecule has 96 valence electrons. The quantitative estimate of drug-likeness (QED) is 0.508. The van der Waals surface area contributed by atoms with Gasteiger partial charge in [-0.15, -0.1) is 0 Å². The smallest absolute Gasteiger partial charge is 0.0233 e. The highest BCUT2D eigenvalue weighted by atomic mass is 14.0. The Morgan fingerprint density at radius 2 is 1.24 bits per heavy atom. The van der Waals surface area contributed by atoms with E-state index in [2.05, 4.69) is 19.7 Å². The first-order valence-electron chi connectivity index (χ1n) is 6.20. The predicted molar refractivity (Wildman–Crippen MR) is 84.3 cm³/mol. The lowest BCUT2D eigenvalue weighted by molar-refractivity contribution is 1.50. The first-order chi connectivity index (χ1) is 8.26. The summed E-state index contributed by atoms with van der Waals surface area (Å²) in [5.74, 6) is 0. The predicted octanol–water partition coefficient (Wildman–Crippen LogP) is 6.03. The monoisotopic (exact) mass is 232 g/mol. The van der Waals surface area contributed by atoms with Crippen molar-refractivity contribution in [2.24, 2.45) is 0 Å². The van der Waals surface area contributed by atoms with Gasteiger partial charge in [-0.1, -0.05) is 90.0 Å². The van der Waals surface area contributed by atoms with Gasteiger partial charge in [0, 0.05) is 0 Å². The summed E-state index contributed by atoms with van der Waals surface area (Å²) in [6.07, 6.45) is 13.1. The fourth-order valence-corrected chi connectivity index (χ4v) is 0.841. The molecule has 0 N–H and O–H groups in total. The van der Waals surface area contributed by atoms with E-state index in [4.69, 9.17) is 0 Å². The zero-order valence-electron chi connectivity index (χ0n) is 12.2. The Kier molecular flexibility index (Phi) is 24.4. The first-order valence-corrected chi connectivity index (χ1v) is 6.20. The Morgan fingerprint density at radius 1 is 0.824 bits per heavy atom. The average Bonchev–Trinajstić information content (AvgIpc) is 2.41. The van der Waals surface area contributed by atoms with Gasteiger partial charge in [0.25, 0.3) is 0 Å². The van der Waals surface area contributed by atoms with Crippen molar-refractivity contribution in [3.05, 3.63) is 73.4 Å². The molecule has 0 saturated heterocycles. The van der Waals surface area contributed by atoms with Crippen LogP contribution in [-0.2, 0) is 0 Å². The van der Waals surface area contributed by atoms with Gasteiger partial charge >= 0.3 is 0 Å². The van der Waals surface area contributed by atoms with Crippen molar-refractivity contribution in [2.45, 2.75) is 34.6 Å². The summed E-state index contributed by atoms with van der Waals surface area (Å²) in [5, 5.41) is 0. The van der Waals surface area contributed by atoms with Crippen LogP contribution in [0.2, 0.25) is 0 Å². The zero-order chi connectivity index (χ0) is 14.1. The number of hydrogen-bond donors (Lipinski definition) is 0. The van der Waals surface area contributed by atoms with E-state index in [0.29, 0.717) is 0 Å². The third kappa shape index (κ3) is 14.4. The highest BCUT2D eigenvalue weighted by molar-refractivity contribution is 5.45. The molecule has 0 heterocycles. The molecule has 0 radical (unpaired) electrons. The Balaban J connectivity index is -0.000000439. The van der Waals surface area contributed by atoms with Crippen LogP contribution in [0.15, 0.2) is 73.4 Å². The van der Waals surface area contributed by atoms with E-state index >= 15 is 0 Å². The minimum Gasteiger partial charge on any atom is -0.0991 e. The van der Waals surface area contributed by atoms with Gasteiger partial charge in [-0.3, -0.25) is 0 Å². The maximum atomic E-state index is 3.93. The van der Waals surface area contributed by atoms with E-state index in [1.54, 1.807) is 12.2 Å². The molecule has 0 nitrogen and oxygen atoms in total. The molecular weight excluding hydrogens is 204 g/mol. The molecule has 0 heteroatoms. The van der Waals surface area contributed by atoms with Crippen molar-refractivity contribution in [3.8, 4) is 0 Å². The van der Waals surface area contributed by atoms with Crippen LogP contribution in [0.1, 0.15) is 34.6 Å². The molecule has 0 aromatic heterocycles. The van der Waals surface area contributed by atoms with Crippen LogP contribution in [0.4, 0.5) is 0 Å². The SMILES string of the molecule is C=C/C=C\C(=C)C(/C=C\C=C)=C/C.CC.CC. The van der Waals surface area contributed by atoms with E-state index in [9.17, 15) is 0 Å². The second-order valence-electron chi connectivity index (χ2n) is 2.46. The standard InChI is InChI=1S/C13H16.2C2H6/c1-5-8-10-12(4)13(7-3)11-9-6-2;2*1-2/h5-11H,1-2,4H2,3H3;2*1-2H3/b10-8-,11-9-,13-7+;;. The van der Waals surface area contributed by atoms with Crippen molar-refractivity contribution in [3.63, 3.8) is 0 Å². The molecule has 0 saturated carbocycles. The normalized spacial score (nSPS) is 10.1. The molecule has 0 unspecified atom stereocenters. The summed E-state index contributed by atoms with van der Waals surface area (Å²) in [7, 11) is 0. The largest absolute Gasteiger partial charge is 0.0991 e. The molecule has 0 spiro atoms. The van der Waals surface area contributed by atoms with Crippen LogP contribution in [-0.4, -0.2) is 0 Å². The van der Waals surface area contributed by atoms with Gasteiger partial charge in [0.2, 0.25) is 0 Å². The van der Waals surface area contributed by atoms with Crippen molar-refractivity contribution >= 4 is 0 Å². The molecule has 0 aromatic carbocycles. The minimum atomic E-state index is 0.973. The molecule has 0 aliphatic rings.